The number of thiophene rings is 1. The lowest BCUT2D eigenvalue weighted by molar-refractivity contribution is 1.18. The number of hydrogen-bond donors (Lipinski definition) is 0. The molecule has 0 saturated carbocycles. The Kier molecular flexibility index (Phi) is 8.75. The molecule has 0 spiro atoms. The van der Waals surface area contributed by atoms with Crippen molar-refractivity contribution in [1.29, 1.82) is 0 Å². The van der Waals surface area contributed by atoms with E-state index in [0.29, 0.717) is 0 Å². The first kappa shape index (κ1) is 37.3. The molecule has 0 saturated heterocycles. The lowest BCUT2D eigenvalue weighted by atomic mass is 9.93. The molecule has 13 rings (SSSR count). The number of anilines is 3. The molecule has 0 radical (unpaired) electrons. The van der Waals surface area contributed by atoms with Gasteiger partial charge in [-0.25, -0.2) is 0 Å². The average Bonchev–Trinajstić information content (AvgIpc) is 3.93. The molecule has 0 bridgehead atoms. The Balaban J connectivity index is 1.14. The average molecular weight is 845 g/mol. The van der Waals surface area contributed by atoms with Crippen molar-refractivity contribution in [2.45, 2.75) is 0 Å². The van der Waals surface area contributed by atoms with Gasteiger partial charge in [0.1, 0.15) is 0 Å². The van der Waals surface area contributed by atoms with Crippen LogP contribution in [0.1, 0.15) is 0 Å². The van der Waals surface area contributed by atoms with Gasteiger partial charge < -0.3 is 9.47 Å². The van der Waals surface area contributed by atoms with Crippen molar-refractivity contribution in [3.05, 3.63) is 243 Å². The van der Waals surface area contributed by atoms with Gasteiger partial charge in [-0.2, -0.15) is 0 Å². The van der Waals surface area contributed by atoms with Crippen molar-refractivity contribution < 1.29 is 0 Å². The molecule has 0 amide bonds. The van der Waals surface area contributed by atoms with E-state index in [2.05, 4.69) is 252 Å². The summed E-state index contributed by atoms with van der Waals surface area (Å²) in [5.41, 5.74) is 13.9. The van der Waals surface area contributed by atoms with Crippen molar-refractivity contribution in [1.82, 2.24) is 4.57 Å². The van der Waals surface area contributed by atoms with Gasteiger partial charge in [-0.1, -0.05) is 170 Å². The number of nitrogens with zero attached hydrogens (tertiary/aromatic N) is 2. The maximum absolute atomic E-state index is 2.51. The Morgan fingerprint density at radius 1 is 0.338 bits per heavy atom. The molecule has 0 aliphatic carbocycles. The van der Waals surface area contributed by atoms with Crippen molar-refractivity contribution in [3.63, 3.8) is 0 Å². The van der Waals surface area contributed by atoms with Gasteiger partial charge in [0.2, 0.25) is 0 Å². The molecule has 304 valence electrons. The van der Waals surface area contributed by atoms with Crippen molar-refractivity contribution in [3.8, 4) is 39.1 Å². The summed E-state index contributed by atoms with van der Waals surface area (Å²) in [4.78, 5) is 2.51. The topological polar surface area (TPSA) is 8.17 Å². The van der Waals surface area contributed by atoms with Crippen LogP contribution >= 0.6 is 11.3 Å². The minimum atomic E-state index is 1.09. The predicted octanol–water partition coefficient (Wildman–Crippen LogP) is 17.9. The fraction of sp³-hybridized carbons (Fsp3) is 0. The van der Waals surface area contributed by atoms with E-state index >= 15 is 0 Å². The second kappa shape index (κ2) is 15.2. The molecule has 11 aromatic carbocycles. The normalized spacial score (nSPS) is 11.7. The van der Waals surface area contributed by atoms with Gasteiger partial charge in [-0.05, 0) is 122 Å². The monoisotopic (exact) mass is 844 g/mol. The van der Waals surface area contributed by atoms with E-state index in [1.807, 2.05) is 11.3 Å². The minimum Gasteiger partial charge on any atom is -0.310 e. The molecule has 13 aromatic rings. The van der Waals surface area contributed by atoms with Crippen molar-refractivity contribution >= 4 is 91.9 Å². The van der Waals surface area contributed by atoms with Gasteiger partial charge in [0.05, 0.1) is 16.7 Å². The highest BCUT2D eigenvalue weighted by Gasteiger charge is 2.25. The molecule has 0 unspecified atom stereocenters. The Morgan fingerprint density at radius 2 is 0.969 bits per heavy atom. The zero-order valence-electron chi connectivity index (χ0n) is 35.4. The van der Waals surface area contributed by atoms with E-state index in [0.717, 1.165) is 28.3 Å². The second-order valence-electron chi connectivity index (χ2n) is 16.8. The van der Waals surface area contributed by atoms with E-state index in [1.165, 1.54) is 91.4 Å². The summed E-state index contributed by atoms with van der Waals surface area (Å²) in [6.45, 7) is 0. The van der Waals surface area contributed by atoms with Crippen LogP contribution in [-0.2, 0) is 0 Å². The molecule has 65 heavy (non-hydrogen) atoms. The molecule has 0 aliphatic heterocycles. The Bertz CT molecular complexity index is 3940. The number of benzene rings is 11. The molecule has 2 heterocycles. The predicted molar refractivity (Wildman–Crippen MR) is 280 cm³/mol. The third-order valence-corrected chi connectivity index (χ3v) is 14.2. The summed E-state index contributed by atoms with van der Waals surface area (Å²) in [5.74, 6) is 0. The minimum absolute atomic E-state index is 1.09. The highest BCUT2D eigenvalue weighted by atomic mass is 32.1. The van der Waals surface area contributed by atoms with Gasteiger partial charge in [0, 0.05) is 53.6 Å². The van der Waals surface area contributed by atoms with Crippen LogP contribution in [0.2, 0.25) is 0 Å². The fourth-order valence-corrected chi connectivity index (χ4v) is 11.4. The van der Waals surface area contributed by atoms with E-state index < -0.39 is 0 Å². The molecule has 0 aliphatic rings. The van der Waals surface area contributed by atoms with Gasteiger partial charge in [-0.3, -0.25) is 0 Å². The zero-order chi connectivity index (χ0) is 42.8. The van der Waals surface area contributed by atoms with Crippen LogP contribution in [0.3, 0.4) is 0 Å². The van der Waals surface area contributed by atoms with E-state index in [1.54, 1.807) is 0 Å². The molecule has 0 N–H and O–H groups in total. The van der Waals surface area contributed by atoms with Gasteiger partial charge in [-0.15, -0.1) is 11.3 Å². The smallest absolute Gasteiger partial charge is 0.0620 e. The number of para-hydroxylation sites is 1. The summed E-state index contributed by atoms with van der Waals surface area (Å²) in [7, 11) is 0. The highest BCUT2D eigenvalue weighted by Crippen LogP contribution is 2.49. The van der Waals surface area contributed by atoms with E-state index in [-0.39, 0.29) is 0 Å². The zero-order valence-corrected chi connectivity index (χ0v) is 36.2. The molecular weight excluding hydrogens is 805 g/mol. The van der Waals surface area contributed by atoms with Crippen LogP contribution in [0.25, 0.3) is 103 Å². The first-order valence-electron chi connectivity index (χ1n) is 22.2. The van der Waals surface area contributed by atoms with Crippen LogP contribution in [0, 0.1) is 0 Å². The number of rotatable bonds is 7. The molecule has 0 atom stereocenters. The maximum Gasteiger partial charge on any atom is 0.0620 e. The maximum atomic E-state index is 2.51. The van der Waals surface area contributed by atoms with E-state index in [9.17, 15) is 0 Å². The van der Waals surface area contributed by atoms with Gasteiger partial charge >= 0.3 is 0 Å². The number of aromatic nitrogens is 1. The fourth-order valence-electron chi connectivity index (χ4n) is 10.2. The van der Waals surface area contributed by atoms with Crippen LogP contribution in [0.5, 0.6) is 0 Å². The SMILES string of the molecule is c1ccc(-c2cc(-c3ccccc3)c3c(c2)c2c(N(c4cccc(-c5cc6ccccc6c6ccccc56)c4)c4ccc5c(c4)sc4ccccc45)cccc2n3-c2ccccc2)cc1. The lowest BCUT2D eigenvalue weighted by Gasteiger charge is -2.27. The second-order valence-corrected chi connectivity index (χ2v) is 17.9. The summed E-state index contributed by atoms with van der Waals surface area (Å²) in [6.07, 6.45) is 0. The number of fused-ring (bicyclic) bond motifs is 9. The summed E-state index contributed by atoms with van der Waals surface area (Å²) in [6, 6.07) is 89.2. The first-order valence-corrected chi connectivity index (χ1v) is 23.1. The van der Waals surface area contributed by atoms with E-state index in [4.69, 9.17) is 0 Å². The van der Waals surface area contributed by atoms with Crippen LogP contribution < -0.4 is 4.90 Å². The molecule has 2 aromatic heterocycles. The van der Waals surface area contributed by atoms with Crippen molar-refractivity contribution in [2.24, 2.45) is 0 Å². The lowest BCUT2D eigenvalue weighted by Crippen LogP contribution is -2.10. The standard InChI is InChI=1S/C62H40N2S/c1-4-18-41(19-5-1)45-38-55(42-20-6-2-7-21-42)62-56(39-45)61-57(31-17-32-58(61)64(62)46-24-8-3-9-25-46)63(48-34-35-53-52-30-14-15-33-59(52)65-60(53)40-48)47-26-16-23-43(36-47)54-37-44-22-10-11-27-49(44)50-28-12-13-29-51(50)54/h1-40H. The van der Waals surface area contributed by atoms with Crippen LogP contribution in [0.4, 0.5) is 17.1 Å². The van der Waals surface area contributed by atoms with Crippen molar-refractivity contribution in [2.75, 3.05) is 4.90 Å². The quantitative estimate of drug-likeness (QED) is 0.145. The highest BCUT2D eigenvalue weighted by molar-refractivity contribution is 7.25. The Morgan fingerprint density at radius 3 is 1.78 bits per heavy atom. The summed E-state index contributed by atoms with van der Waals surface area (Å²) < 4.78 is 5.05. The third-order valence-electron chi connectivity index (χ3n) is 13.1. The Labute approximate surface area is 381 Å². The summed E-state index contributed by atoms with van der Waals surface area (Å²) in [5, 5.41) is 9.99. The number of hydrogen-bond acceptors (Lipinski definition) is 2. The van der Waals surface area contributed by atoms with Crippen LogP contribution in [0.15, 0.2) is 243 Å². The first-order chi connectivity index (χ1) is 32.2. The van der Waals surface area contributed by atoms with Crippen LogP contribution in [-0.4, -0.2) is 4.57 Å². The summed E-state index contributed by atoms with van der Waals surface area (Å²) >= 11 is 1.86. The van der Waals surface area contributed by atoms with Gasteiger partial charge in [0.25, 0.3) is 0 Å². The Hall–Kier alpha value is -8.24. The largest absolute Gasteiger partial charge is 0.310 e. The molecule has 0 fully saturated rings. The molecular formula is C62H40N2S. The molecule has 2 nitrogen and oxygen atoms in total. The third kappa shape index (κ3) is 6.16. The van der Waals surface area contributed by atoms with Gasteiger partial charge in [0.15, 0.2) is 0 Å². The molecule has 3 heteroatoms.